The number of aromatic nitrogens is 2. The van der Waals surface area contributed by atoms with E-state index in [1.165, 1.54) is 18.4 Å². The van der Waals surface area contributed by atoms with Crippen LogP contribution in [0.3, 0.4) is 0 Å². The highest BCUT2D eigenvalue weighted by Gasteiger charge is 2.25. The zero-order chi connectivity index (χ0) is 20.4. The minimum absolute atomic E-state index is 0.0644. The van der Waals surface area contributed by atoms with Gasteiger partial charge in [0.2, 0.25) is 5.95 Å². The lowest BCUT2D eigenvalue weighted by Gasteiger charge is -2.29. The first-order valence-corrected chi connectivity index (χ1v) is 10.2. The SMILES string of the molecule is COc1cc2c(cc1OC)CN(C(=O)c1cc(C)nc(NC3CCCC3)n1)CC2. The third-order valence-corrected chi connectivity index (χ3v) is 5.77. The topological polar surface area (TPSA) is 76.6 Å². The second-order valence-electron chi connectivity index (χ2n) is 7.80. The molecule has 0 unspecified atom stereocenters. The summed E-state index contributed by atoms with van der Waals surface area (Å²) in [4.78, 5) is 24.0. The predicted octanol–water partition coefficient (Wildman–Crippen LogP) is 3.36. The van der Waals surface area contributed by atoms with Gasteiger partial charge >= 0.3 is 0 Å². The Bertz CT molecular complexity index is 909. The van der Waals surface area contributed by atoms with E-state index in [2.05, 4.69) is 15.3 Å². The van der Waals surface area contributed by atoms with Crippen molar-refractivity contribution in [1.29, 1.82) is 0 Å². The van der Waals surface area contributed by atoms with Crippen LogP contribution in [-0.2, 0) is 13.0 Å². The molecule has 29 heavy (non-hydrogen) atoms. The Kier molecular flexibility index (Phi) is 5.56. The normalized spacial score (nSPS) is 16.4. The van der Waals surface area contributed by atoms with Crippen molar-refractivity contribution in [2.75, 3.05) is 26.1 Å². The van der Waals surface area contributed by atoms with Crippen LogP contribution < -0.4 is 14.8 Å². The van der Waals surface area contributed by atoms with E-state index in [4.69, 9.17) is 9.47 Å². The Labute approximate surface area is 171 Å². The van der Waals surface area contributed by atoms with Crippen LogP contribution in [0.4, 0.5) is 5.95 Å². The molecule has 1 aliphatic heterocycles. The van der Waals surface area contributed by atoms with E-state index in [1.54, 1.807) is 20.3 Å². The van der Waals surface area contributed by atoms with Crippen molar-refractivity contribution < 1.29 is 14.3 Å². The number of ether oxygens (including phenoxy) is 2. The van der Waals surface area contributed by atoms with Gasteiger partial charge in [0.1, 0.15) is 5.69 Å². The zero-order valence-electron chi connectivity index (χ0n) is 17.3. The molecule has 7 heteroatoms. The molecule has 1 saturated carbocycles. The van der Waals surface area contributed by atoms with E-state index in [-0.39, 0.29) is 5.91 Å². The molecule has 2 aliphatic rings. The van der Waals surface area contributed by atoms with Gasteiger partial charge in [0, 0.05) is 24.8 Å². The molecule has 1 aromatic heterocycles. The largest absolute Gasteiger partial charge is 0.493 e. The van der Waals surface area contributed by atoms with Crippen molar-refractivity contribution in [1.82, 2.24) is 14.9 Å². The van der Waals surface area contributed by atoms with Crippen molar-refractivity contribution in [3.05, 3.63) is 40.7 Å². The fourth-order valence-corrected chi connectivity index (χ4v) is 4.21. The number of fused-ring (bicyclic) bond motifs is 1. The lowest BCUT2D eigenvalue weighted by atomic mass is 9.98. The standard InChI is InChI=1S/C22H28N4O3/c1-14-10-18(25-22(23-14)24-17-6-4-5-7-17)21(27)26-9-8-15-11-19(28-2)20(29-3)12-16(15)13-26/h10-12,17H,4-9,13H2,1-3H3,(H,23,24,25). The van der Waals surface area contributed by atoms with Gasteiger partial charge in [-0.25, -0.2) is 9.97 Å². The van der Waals surface area contributed by atoms with Gasteiger partial charge in [-0.1, -0.05) is 12.8 Å². The van der Waals surface area contributed by atoms with Crippen LogP contribution in [0.1, 0.15) is 53.0 Å². The Morgan fingerprint density at radius 2 is 1.76 bits per heavy atom. The molecule has 0 atom stereocenters. The van der Waals surface area contributed by atoms with Gasteiger partial charge in [0.15, 0.2) is 11.5 Å². The van der Waals surface area contributed by atoms with Crippen molar-refractivity contribution >= 4 is 11.9 Å². The van der Waals surface area contributed by atoms with Gasteiger partial charge in [-0.3, -0.25) is 4.79 Å². The van der Waals surface area contributed by atoms with E-state index in [0.717, 1.165) is 36.3 Å². The lowest BCUT2D eigenvalue weighted by Crippen LogP contribution is -2.36. The fraction of sp³-hybridized carbons (Fsp3) is 0.500. The molecule has 0 radical (unpaired) electrons. The quantitative estimate of drug-likeness (QED) is 0.835. The van der Waals surface area contributed by atoms with Crippen LogP contribution in [0.15, 0.2) is 18.2 Å². The molecule has 7 nitrogen and oxygen atoms in total. The predicted molar refractivity (Wildman–Crippen MR) is 111 cm³/mol. The second-order valence-corrected chi connectivity index (χ2v) is 7.80. The highest BCUT2D eigenvalue weighted by Crippen LogP contribution is 2.33. The Morgan fingerprint density at radius 1 is 1.07 bits per heavy atom. The molecule has 1 fully saturated rings. The van der Waals surface area contributed by atoms with Gasteiger partial charge in [-0.15, -0.1) is 0 Å². The first-order valence-electron chi connectivity index (χ1n) is 10.2. The minimum atomic E-state index is -0.0644. The maximum atomic E-state index is 13.2. The van der Waals surface area contributed by atoms with Crippen molar-refractivity contribution in [3.8, 4) is 11.5 Å². The number of nitrogens with zero attached hydrogens (tertiary/aromatic N) is 3. The van der Waals surface area contributed by atoms with Crippen LogP contribution in [-0.4, -0.2) is 47.6 Å². The average Bonchev–Trinajstić information content (AvgIpc) is 3.24. The molecule has 2 heterocycles. The van der Waals surface area contributed by atoms with E-state index in [1.807, 2.05) is 24.0 Å². The summed E-state index contributed by atoms with van der Waals surface area (Å²) in [6.45, 7) is 3.08. The molecule has 0 spiro atoms. The number of amides is 1. The van der Waals surface area contributed by atoms with Gasteiger partial charge in [0.25, 0.3) is 5.91 Å². The van der Waals surface area contributed by atoms with Gasteiger partial charge in [0.05, 0.1) is 14.2 Å². The molecule has 1 amide bonds. The third kappa shape index (κ3) is 4.13. The molecule has 1 aliphatic carbocycles. The Morgan fingerprint density at radius 3 is 2.45 bits per heavy atom. The molecule has 154 valence electrons. The van der Waals surface area contributed by atoms with Crippen LogP contribution in [0.5, 0.6) is 11.5 Å². The number of benzene rings is 1. The Balaban J connectivity index is 1.54. The first-order chi connectivity index (χ1) is 14.1. The van der Waals surface area contributed by atoms with E-state index >= 15 is 0 Å². The molecule has 0 bridgehead atoms. The molecular weight excluding hydrogens is 368 g/mol. The summed E-state index contributed by atoms with van der Waals surface area (Å²) in [5.41, 5.74) is 3.51. The van der Waals surface area contributed by atoms with Crippen molar-refractivity contribution in [2.24, 2.45) is 0 Å². The van der Waals surface area contributed by atoms with Gasteiger partial charge < -0.3 is 19.7 Å². The van der Waals surface area contributed by atoms with Crippen LogP contribution in [0, 0.1) is 6.92 Å². The maximum absolute atomic E-state index is 13.2. The Hall–Kier alpha value is -2.83. The lowest BCUT2D eigenvalue weighted by molar-refractivity contribution is 0.0728. The summed E-state index contributed by atoms with van der Waals surface area (Å²) in [7, 11) is 3.26. The molecule has 1 N–H and O–H groups in total. The molecule has 1 aromatic carbocycles. The van der Waals surface area contributed by atoms with E-state index in [0.29, 0.717) is 36.5 Å². The molecule has 2 aromatic rings. The number of hydrogen-bond acceptors (Lipinski definition) is 6. The zero-order valence-corrected chi connectivity index (χ0v) is 17.3. The highest BCUT2D eigenvalue weighted by atomic mass is 16.5. The van der Waals surface area contributed by atoms with Gasteiger partial charge in [-0.2, -0.15) is 0 Å². The number of methoxy groups -OCH3 is 2. The average molecular weight is 396 g/mol. The first kappa shape index (κ1) is 19.5. The summed E-state index contributed by atoms with van der Waals surface area (Å²) in [5.74, 6) is 1.90. The fourth-order valence-electron chi connectivity index (χ4n) is 4.21. The van der Waals surface area contributed by atoms with Crippen molar-refractivity contribution in [2.45, 2.75) is 51.6 Å². The van der Waals surface area contributed by atoms with Crippen molar-refractivity contribution in [3.63, 3.8) is 0 Å². The summed E-state index contributed by atoms with van der Waals surface area (Å²) in [5, 5.41) is 3.40. The van der Waals surface area contributed by atoms with E-state index < -0.39 is 0 Å². The van der Waals surface area contributed by atoms with Crippen LogP contribution in [0.2, 0.25) is 0 Å². The minimum Gasteiger partial charge on any atom is -0.493 e. The summed E-state index contributed by atoms with van der Waals surface area (Å²) in [6.07, 6.45) is 5.51. The number of hydrogen-bond donors (Lipinski definition) is 1. The molecular formula is C22H28N4O3. The summed E-state index contributed by atoms with van der Waals surface area (Å²) < 4.78 is 10.8. The van der Waals surface area contributed by atoms with Crippen LogP contribution in [0.25, 0.3) is 0 Å². The van der Waals surface area contributed by atoms with E-state index in [9.17, 15) is 4.79 Å². The maximum Gasteiger partial charge on any atom is 0.272 e. The summed E-state index contributed by atoms with van der Waals surface area (Å²) in [6, 6.07) is 6.15. The monoisotopic (exact) mass is 396 g/mol. The van der Waals surface area contributed by atoms with Gasteiger partial charge in [-0.05, 0) is 55.5 Å². The number of rotatable bonds is 5. The number of carbonyl (C=O) groups excluding carboxylic acids is 1. The number of carbonyl (C=O) groups is 1. The second kappa shape index (κ2) is 8.27. The highest BCUT2D eigenvalue weighted by molar-refractivity contribution is 5.92. The molecule has 0 saturated heterocycles. The van der Waals surface area contributed by atoms with Crippen LogP contribution >= 0.6 is 0 Å². The summed E-state index contributed by atoms with van der Waals surface area (Å²) >= 11 is 0. The smallest absolute Gasteiger partial charge is 0.272 e. The molecule has 4 rings (SSSR count). The third-order valence-electron chi connectivity index (χ3n) is 5.77. The number of anilines is 1. The number of aryl methyl sites for hydroxylation is 1. The number of nitrogens with one attached hydrogen (secondary N) is 1.